The Morgan fingerprint density at radius 2 is 1.87 bits per heavy atom. The second-order valence-electron chi connectivity index (χ2n) is 9.42. The van der Waals surface area contributed by atoms with Crippen LogP contribution in [0.5, 0.6) is 5.75 Å². The van der Waals surface area contributed by atoms with E-state index < -0.39 is 0 Å². The van der Waals surface area contributed by atoms with Gasteiger partial charge in [-0.05, 0) is 50.2 Å². The van der Waals surface area contributed by atoms with Crippen LogP contribution in [-0.2, 0) is 0 Å². The third-order valence-corrected chi connectivity index (χ3v) is 7.03. The molecule has 2 aliphatic heterocycles. The average Bonchev–Trinajstić information content (AvgIpc) is 3.55. The Morgan fingerprint density at radius 3 is 2.55 bits per heavy atom. The van der Waals surface area contributed by atoms with E-state index in [0.29, 0.717) is 30.5 Å². The first-order chi connectivity index (χ1) is 15.2. The monoisotopic (exact) mass is 429 g/mol. The van der Waals surface area contributed by atoms with Gasteiger partial charge in [-0.15, -0.1) is 0 Å². The molecule has 5 rings (SSSR count). The van der Waals surface area contributed by atoms with Crippen molar-refractivity contribution in [3.05, 3.63) is 24.0 Å². The second-order valence-corrected chi connectivity index (χ2v) is 9.42. The molecule has 31 heavy (non-hydrogen) atoms. The summed E-state index contributed by atoms with van der Waals surface area (Å²) in [6.45, 7) is 5.72. The number of carbonyl (C=O) groups excluding carboxylic acids is 2. The zero-order chi connectivity index (χ0) is 21.2. The summed E-state index contributed by atoms with van der Waals surface area (Å²) in [6, 6.07) is 4.37. The Bertz CT molecular complexity index is 793. The van der Waals surface area contributed by atoms with Crippen LogP contribution in [0.15, 0.2) is 18.3 Å². The fraction of sp³-hybridized carbons (Fsp3) is 0.696. The Morgan fingerprint density at radius 1 is 1.03 bits per heavy atom. The molecule has 1 N–H and O–H groups in total. The quantitative estimate of drug-likeness (QED) is 0.750. The molecule has 0 atom stereocenters. The summed E-state index contributed by atoms with van der Waals surface area (Å²) in [6.07, 6.45) is 9.04. The number of carbonyl (C=O) groups is 2. The maximum atomic E-state index is 12.8. The number of nitrogens with one attached hydrogen (secondary N) is 1. The smallest absolute Gasteiger partial charge is 0.320 e. The largest absolute Gasteiger partial charge is 0.485 e. The van der Waals surface area contributed by atoms with E-state index in [9.17, 15) is 9.59 Å². The highest BCUT2D eigenvalue weighted by atomic mass is 16.5. The molecule has 1 aromatic heterocycles. The number of likely N-dealkylation sites (tertiary alicyclic amines) is 1. The maximum Gasteiger partial charge on any atom is 0.320 e. The molecule has 3 amide bonds. The van der Waals surface area contributed by atoms with Crippen molar-refractivity contribution < 1.29 is 15.8 Å². The van der Waals surface area contributed by atoms with E-state index >= 15 is 0 Å². The number of hydrogen-bond acceptors (Lipinski definition) is 5. The summed E-state index contributed by atoms with van der Waals surface area (Å²) in [5.41, 5.74) is 0.413. The van der Waals surface area contributed by atoms with Crippen LogP contribution in [0.25, 0.3) is 0 Å². The van der Waals surface area contributed by atoms with Crippen LogP contribution in [-0.4, -0.2) is 89.6 Å². The number of hydrogen-bond donors (Lipinski definition) is 1. The lowest BCUT2D eigenvalue weighted by molar-refractivity contribution is 0.0306. The number of rotatable bonds is 6. The van der Waals surface area contributed by atoms with Crippen LogP contribution in [0.4, 0.5) is 4.79 Å². The molecule has 8 heteroatoms. The minimum absolute atomic E-state index is 0. The van der Waals surface area contributed by atoms with Crippen molar-refractivity contribution in [2.75, 3.05) is 45.8 Å². The minimum Gasteiger partial charge on any atom is -0.485 e. The molecule has 8 nitrogen and oxygen atoms in total. The maximum absolute atomic E-state index is 12.8. The molecule has 2 saturated heterocycles. The van der Waals surface area contributed by atoms with Gasteiger partial charge < -0.3 is 19.9 Å². The van der Waals surface area contributed by atoms with Crippen molar-refractivity contribution >= 4 is 11.9 Å². The summed E-state index contributed by atoms with van der Waals surface area (Å²) in [5.74, 6) is 1.15. The van der Waals surface area contributed by atoms with E-state index in [4.69, 9.17) is 4.74 Å². The standard InChI is InChI=1S/C23H33N5O3.H2/c29-22(25-13-17-5-6-17)21-8-7-19(14-24-21)31-20-15-28(16-20)23(30)27-10-2-9-26(11-12-27)18-3-1-4-18;/h7-8,14,17-18,20H,1-6,9-13,15-16H2,(H,25,29);1H. The van der Waals surface area contributed by atoms with Crippen LogP contribution in [0.2, 0.25) is 0 Å². The van der Waals surface area contributed by atoms with Crippen LogP contribution < -0.4 is 10.1 Å². The normalized spacial score (nSPS) is 23.0. The molecule has 3 heterocycles. The molecule has 0 radical (unpaired) electrons. The van der Waals surface area contributed by atoms with E-state index in [1.807, 2.05) is 9.80 Å². The van der Waals surface area contributed by atoms with Crippen LogP contribution in [0.1, 0.15) is 50.4 Å². The average molecular weight is 430 g/mol. The molecular weight excluding hydrogens is 394 g/mol. The molecule has 0 bridgehead atoms. The van der Waals surface area contributed by atoms with E-state index in [-0.39, 0.29) is 19.5 Å². The van der Waals surface area contributed by atoms with Crippen molar-refractivity contribution in [1.82, 2.24) is 25.0 Å². The summed E-state index contributed by atoms with van der Waals surface area (Å²) < 4.78 is 5.94. The first-order valence-electron chi connectivity index (χ1n) is 11.8. The van der Waals surface area contributed by atoms with Crippen molar-refractivity contribution in [3.8, 4) is 5.75 Å². The summed E-state index contributed by atoms with van der Waals surface area (Å²) in [4.78, 5) is 35.6. The number of ether oxygens (including phenoxy) is 1. The number of aromatic nitrogens is 1. The lowest BCUT2D eigenvalue weighted by Gasteiger charge is -2.41. The first-order valence-corrected chi connectivity index (χ1v) is 11.8. The van der Waals surface area contributed by atoms with Crippen molar-refractivity contribution in [3.63, 3.8) is 0 Å². The highest BCUT2D eigenvalue weighted by molar-refractivity contribution is 5.92. The molecule has 2 aliphatic carbocycles. The lowest BCUT2D eigenvalue weighted by atomic mass is 9.91. The van der Waals surface area contributed by atoms with E-state index in [0.717, 1.165) is 45.2 Å². The first kappa shape index (κ1) is 20.5. The topological polar surface area (TPSA) is 78.0 Å². The van der Waals surface area contributed by atoms with Gasteiger partial charge >= 0.3 is 6.03 Å². The van der Waals surface area contributed by atoms with E-state index in [2.05, 4.69) is 15.2 Å². The van der Waals surface area contributed by atoms with Crippen molar-refractivity contribution in [2.24, 2.45) is 5.92 Å². The predicted octanol–water partition coefficient (Wildman–Crippen LogP) is 2.21. The summed E-state index contributed by atoms with van der Waals surface area (Å²) in [7, 11) is 0. The molecule has 170 valence electrons. The third kappa shape index (κ3) is 4.95. The van der Waals surface area contributed by atoms with Gasteiger partial charge in [0.1, 0.15) is 17.5 Å². The molecule has 4 aliphatic rings. The molecule has 1 aromatic rings. The highest BCUT2D eigenvalue weighted by Crippen LogP contribution is 2.28. The molecule has 0 spiro atoms. The lowest BCUT2D eigenvalue weighted by Crippen LogP contribution is -2.60. The van der Waals surface area contributed by atoms with Gasteiger partial charge in [0, 0.05) is 40.2 Å². The summed E-state index contributed by atoms with van der Waals surface area (Å²) >= 11 is 0. The van der Waals surface area contributed by atoms with Gasteiger partial charge in [0.2, 0.25) is 0 Å². The number of pyridine rings is 1. The second kappa shape index (κ2) is 9.02. The predicted molar refractivity (Wildman–Crippen MR) is 118 cm³/mol. The molecular formula is C23H35N5O3. The zero-order valence-electron chi connectivity index (χ0n) is 18.2. The number of urea groups is 1. The van der Waals surface area contributed by atoms with Gasteiger partial charge in [-0.3, -0.25) is 9.69 Å². The van der Waals surface area contributed by atoms with Crippen molar-refractivity contribution in [2.45, 2.75) is 50.7 Å². The Labute approximate surface area is 185 Å². The SMILES string of the molecule is O=C(NCC1CC1)c1ccc(OC2CN(C(=O)N3CCCN(C4CCC4)CC3)C2)cn1.[HH]. The van der Waals surface area contributed by atoms with Gasteiger partial charge in [0.15, 0.2) is 0 Å². The molecule has 0 unspecified atom stereocenters. The third-order valence-electron chi connectivity index (χ3n) is 7.03. The zero-order valence-corrected chi connectivity index (χ0v) is 18.2. The fourth-order valence-corrected chi connectivity index (χ4v) is 4.54. The van der Waals surface area contributed by atoms with E-state index in [1.165, 1.54) is 32.1 Å². The summed E-state index contributed by atoms with van der Waals surface area (Å²) in [5, 5.41) is 2.92. The van der Waals surface area contributed by atoms with Gasteiger partial charge in [-0.1, -0.05) is 6.42 Å². The van der Waals surface area contributed by atoms with Gasteiger partial charge in [-0.25, -0.2) is 9.78 Å². The van der Waals surface area contributed by atoms with Crippen molar-refractivity contribution in [1.29, 1.82) is 0 Å². The van der Waals surface area contributed by atoms with Crippen LogP contribution >= 0.6 is 0 Å². The number of nitrogens with zero attached hydrogens (tertiary/aromatic N) is 4. The Hall–Kier alpha value is -2.35. The van der Waals surface area contributed by atoms with Gasteiger partial charge in [0.05, 0.1) is 19.3 Å². The van der Waals surface area contributed by atoms with Crippen LogP contribution in [0.3, 0.4) is 0 Å². The Balaban J connectivity index is 0.00000245. The molecule has 0 aromatic carbocycles. The van der Waals surface area contributed by atoms with Crippen LogP contribution in [0, 0.1) is 5.92 Å². The molecule has 4 fully saturated rings. The molecule has 2 saturated carbocycles. The Kier molecular flexibility index (Phi) is 5.98. The highest BCUT2D eigenvalue weighted by Gasteiger charge is 2.36. The van der Waals surface area contributed by atoms with Gasteiger partial charge in [0.25, 0.3) is 5.91 Å². The van der Waals surface area contributed by atoms with E-state index in [1.54, 1.807) is 18.3 Å². The van der Waals surface area contributed by atoms with Gasteiger partial charge in [-0.2, -0.15) is 0 Å². The minimum atomic E-state index is -0.132. The fourth-order valence-electron chi connectivity index (χ4n) is 4.54. The number of amides is 3.